The first kappa shape index (κ1) is 24.1. The molecule has 0 N–H and O–H groups in total. The third-order valence-electron chi connectivity index (χ3n) is 5.25. The second-order valence-electron chi connectivity index (χ2n) is 7.56. The van der Waals surface area contributed by atoms with Crippen LogP contribution in [0.4, 0.5) is 5.69 Å². The molecule has 3 aromatic rings. The summed E-state index contributed by atoms with van der Waals surface area (Å²) in [6.45, 7) is 2.74. The molecule has 3 rings (SSSR count). The Labute approximate surface area is 195 Å². The van der Waals surface area contributed by atoms with Gasteiger partial charge >= 0.3 is 0 Å². The standard InChI is InChI=1S/C25H28N2O5S/c1-19-9-13-21(14-10-19)32-18-17-26(2)25(28)20-11-15-22(16-12-20)33(29,30)27(3)23-7-5-6-8-24(23)31-4/h5-16H,17-18H2,1-4H3. The second-order valence-corrected chi connectivity index (χ2v) is 9.53. The molecule has 0 aliphatic rings. The van der Waals surface area contributed by atoms with Crippen molar-refractivity contribution in [2.75, 3.05) is 38.7 Å². The maximum atomic E-state index is 13.1. The molecule has 8 heteroatoms. The van der Waals surface area contributed by atoms with E-state index in [2.05, 4.69) is 0 Å². The monoisotopic (exact) mass is 468 g/mol. The van der Waals surface area contributed by atoms with Gasteiger partial charge in [0.15, 0.2) is 0 Å². The Hall–Kier alpha value is -3.52. The Kier molecular flexibility index (Phi) is 7.60. The predicted octanol–water partition coefficient (Wildman–Crippen LogP) is 3.98. The number of rotatable bonds is 9. The molecule has 1 amide bonds. The zero-order chi connectivity index (χ0) is 24.0. The topological polar surface area (TPSA) is 76.2 Å². The van der Waals surface area contributed by atoms with Crippen LogP contribution in [0.5, 0.6) is 11.5 Å². The van der Waals surface area contributed by atoms with E-state index in [0.29, 0.717) is 30.2 Å². The first-order valence-electron chi connectivity index (χ1n) is 10.4. The molecule has 0 atom stereocenters. The van der Waals surface area contributed by atoms with Gasteiger partial charge in [0.1, 0.15) is 18.1 Å². The molecule has 7 nitrogen and oxygen atoms in total. The molecular weight excluding hydrogens is 440 g/mol. The van der Waals surface area contributed by atoms with Crippen molar-refractivity contribution in [3.8, 4) is 11.5 Å². The molecule has 0 radical (unpaired) electrons. The fourth-order valence-electron chi connectivity index (χ4n) is 3.20. The van der Waals surface area contributed by atoms with Crippen molar-refractivity contribution in [3.63, 3.8) is 0 Å². The van der Waals surface area contributed by atoms with E-state index in [1.165, 1.54) is 38.4 Å². The maximum absolute atomic E-state index is 13.1. The highest BCUT2D eigenvalue weighted by molar-refractivity contribution is 7.92. The fraction of sp³-hybridized carbons (Fsp3) is 0.240. The number of sulfonamides is 1. The van der Waals surface area contributed by atoms with Crippen LogP contribution in [0.15, 0.2) is 77.7 Å². The summed E-state index contributed by atoms with van der Waals surface area (Å²) < 4.78 is 38.3. The van der Waals surface area contributed by atoms with Gasteiger partial charge in [-0.2, -0.15) is 0 Å². The van der Waals surface area contributed by atoms with Gasteiger partial charge in [0, 0.05) is 19.7 Å². The van der Waals surface area contributed by atoms with Crippen LogP contribution in [-0.4, -0.2) is 53.6 Å². The molecule has 0 saturated carbocycles. The Bertz CT molecular complexity index is 1190. The summed E-state index contributed by atoms with van der Waals surface area (Å²) in [6, 6.07) is 20.5. The largest absolute Gasteiger partial charge is 0.495 e. The van der Waals surface area contributed by atoms with Gasteiger partial charge in [0.25, 0.3) is 15.9 Å². The summed E-state index contributed by atoms with van der Waals surface area (Å²) in [7, 11) is 0.809. The average molecular weight is 469 g/mol. The summed E-state index contributed by atoms with van der Waals surface area (Å²) in [6.07, 6.45) is 0. The summed E-state index contributed by atoms with van der Waals surface area (Å²) in [4.78, 5) is 14.3. The number of carbonyl (C=O) groups excluding carboxylic acids is 1. The van der Waals surface area contributed by atoms with Crippen molar-refractivity contribution >= 4 is 21.6 Å². The summed E-state index contributed by atoms with van der Waals surface area (Å²) in [5.74, 6) is 0.976. The van der Waals surface area contributed by atoms with E-state index in [1.54, 1.807) is 36.2 Å². The number of hydrogen-bond donors (Lipinski definition) is 0. The van der Waals surface area contributed by atoms with Gasteiger partial charge in [0.05, 0.1) is 24.2 Å². The molecule has 0 aromatic heterocycles. The Morgan fingerprint density at radius 3 is 2.18 bits per heavy atom. The normalized spacial score (nSPS) is 11.0. The second kappa shape index (κ2) is 10.4. The number of methoxy groups -OCH3 is 1. The number of carbonyl (C=O) groups is 1. The first-order valence-corrected chi connectivity index (χ1v) is 11.8. The maximum Gasteiger partial charge on any atom is 0.264 e. The van der Waals surface area contributed by atoms with Gasteiger partial charge < -0.3 is 14.4 Å². The lowest BCUT2D eigenvalue weighted by Crippen LogP contribution is -2.31. The van der Waals surface area contributed by atoms with E-state index in [1.807, 2.05) is 31.2 Å². The van der Waals surface area contributed by atoms with Crippen LogP contribution in [0.3, 0.4) is 0 Å². The third-order valence-corrected chi connectivity index (χ3v) is 7.03. The number of para-hydroxylation sites is 2. The Morgan fingerprint density at radius 1 is 0.909 bits per heavy atom. The van der Waals surface area contributed by atoms with Crippen LogP contribution >= 0.6 is 0 Å². The van der Waals surface area contributed by atoms with Gasteiger partial charge in [-0.1, -0.05) is 29.8 Å². The summed E-state index contributed by atoms with van der Waals surface area (Å²) in [5, 5.41) is 0. The van der Waals surface area contributed by atoms with E-state index in [4.69, 9.17) is 9.47 Å². The van der Waals surface area contributed by atoms with E-state index < -0.39 is 10.0 Å². The smallest absolute Gasteiger partial charge is 0.264 e. The van der Waals surface area contributed by atoms with Crippen molar-refractivity contribution in [2.24, 2.45) is 0 Å². The van der Waals surface area contributed by atoms with E-state index in [9.17, 15) is 13.2 Å². The minimum absolute atomic E-state index is 0.0813. The van der Waals surface area contributed by atoms with E-state index in [0.717, 1.165) is 15.6 Å². The zero-order valence-corrected chi connectivity index (χ0v) is 20.0. The average Bonchev–Trinajstić information content (AvgIpc) is 2.84. The molecule has 0 fully saturated rings. The van der Waals surface area contributed by atoms with Gasteiger partial charge in [-0.15, -0.1) is 0 Å². The van der Waals surface area contributed by atoms with Crippen LogP contribution in [0.25, 0.3) is 0 Å². The van der Waals surface area contributed by atoms with Gasteiger partial charge in [-0.25, -0.2) is 8.42 Å². The molecule has 33 heavy (non-hydrogen) atoms. The Balaban J connectivity index is 1.65. The summed E-state index contributed by atoms with van der Waals surface area (Å²) in [5.41, 5.74) is 1.97. The molecule has 0 heterocycles. The number of nitrogens with zero attached hydrogens (tertiary/aromatic N) is 2. The highest BCUT2D eigenvalue weighted by atomic mass is 32.2. The van der Waals surface area contributed by atoms with Crippen LogP contribution in [-0.2, 0) is 10.0 Å². The van der Waals surface area contributed by atoms with Gasteiger partial charge in [-0.3, -0.25) is 9.10 Å². The first-order chi connectivity index (χ1) is 15.7. The van der Waals surface area contributed by atoms with Crippen molar-refractivity contribution in [1.29, 1.82) is 0 Å². The number of likely N-dealkylation sites (N-methyl/N-ethyl adjacent to an activating group) is 1. The van der Waals surface area contributed by atoms with E-state index >= 15 is 0 Å². The van der Waals surface area contributed by atoms with E-state index in [-0.39, 0.29) is 10.8 Å². The number of ether oxygens (including phenoxy) is 2. The zero-order valence-electron chi connectivity index (χ0n) is 19.2. The predicted molar refractivity (Wildman–Crippen MR) is 129 cm³/mol. The van der Waals surface area contributed by atoms with Gasteiger partial charge in [-0.05, 0) is 55.5 Å². The number of anilines is 1. The SMILES string of the molecule is COc1ccccc1N(C)S(=O)(=O)c1ccc(C(=O)N(C)CCOc2ccc(C)cc2)cc1. The van der Waals surface area contributed by atoms with Crippen LogP contribution in [0.1, 0.15) is 15.9 Å². The third kappa shape index (κ3) is 5.64. The van der Waals surface area contributed by atoms with Crippen molar-refractivity contribution < 1.29 is 22.7 Å². The molecule has 0 saturated heterocycles. The summed E-state index contributed by atoms with van der Waals surface area (Å²) >= 11 is 0. The lowest BCUT2D eigenvalue weighted by atomic mass is 10.2. The van der Waals surface area contributed by atoms with Gasteiger partial charge in [0.2, 0.25) is 0 Å². The minimum Gasteiger partial charge on any atom is -0.495 e. The quantitative estimate of drug-likeness (QED) is 0.475. The number of benzene rings is 3. The number of hydrogen-bond acceptors (Lipinski definition) is 5. The molecule has 0 aliphatic carbocycles. The van der Waals surface area contributed by atoms with Crippen molar-refractivity contribution in [3.05, 3.63) is 83.9 Å². The highest BCUT2D eigenvalue weighted by Gasteiger charge is 2.24. The number of aryl methyl sites for hydroxylation is 1. The molecule has 0 bridgehead atoms. The van der Waals surface area contributed by atoms with Crippen LogP contribution in [0, 0.1) is 6.92 Å². The lowest BCUT2D eigenvalue weighted by Gasteiger charge is -2.22. The molecule has 0 unspecified atom stereocenters. The highest BCUT2D eigenvalue weighted by Crippen LogP contribution is 2.30. The van der Waals surface area contributed by atoms with Crippen LogP contribution in [0.2, 0.25) is 0 Å². The molecule has 0 aliphatic heterocycles. The Morgan fingerprint density at radius 2 is 1.55 bits per heavy atom. The fourth-order valence-corrected chi connectivity index (χ4v) is 4.41. The minimum atomic E-state index is -3.83. The molecule has 0 spiro atoms. The molecule has 3 aromatic carbocycles. The number of amides is 1. The van der Waals surface area contributed by atoms with Crippen LogP contribution < -0.4 is 13.8 Å². The lowest BCUT2D eigenvalue weighted by molar-refractivity contribution is 0.0773. The molecular formula is C25H28N2O5S. The van der Waals surface area contributed by atoms with Crippen molar-refractivity contribution in [2.45, 2.75) is 11.8 Å². The molecule has 174 valence electrons. The van der Waals surface area contributed by atoms with Crippen molar-refractivity contribution in [1.82, 2.24) is 4.90 Å².